The molecule has 20 heavy (non-hydrogen) atoms. The molecule has 0 amide bonds. The summed E-state index contributed by atoms with van der Waals surface area (Å²) in [6.07, 6.45) is 0. The van der Waals surface area contributed by atoms with Crippen LogP contribution in [0.1, 0.15) is 12.5 Å². The van der Waals surface area contributed by atoms with Gasteiger partial charge < -0.3 is 15.2 Å². The third kappa shape index (κ3) is 3.30. The fraction of sp³-hybridized carbons (Fsp3) is 0.200. The van der Waals surface area contributed by atoms with Crippen LogP contribution in [0.25, 0.3) is 0 Å². The van der Waals surface area contributed by atoms with Crippen LogP contribution in [0.2, 0.25) is 10.0 Å². The van der Waals surface area contributed by atoms with Crippen LogP contribution in [0.4, 0.5) is 5.69 Å². The molecule has 0 aromatic heterocycles. The van der Waals surface area contributed by atoms with Crippen LogP contribution in [0.15, 0.2) is 36.4 Å². The highest BCUT2D eigenvalue weighted by atomic mass is 35.5. The molecule has 0 saturated heterocycles. The van der Waals surface area contributed by atoms with Crippen LogP contribution in [0.5, 0.6) is 11.5 Å². The first-order valence-electron chi connectivity index (χ1n) is 6.25. The monoisotopic (exact) mass is 311 g/mol. The van der Waals surface area contributed by atoms with Gasteiger partial charge in [0.1, 0.15) is 0 Å². The zero-order valence-electron chi connectivity index (χ0n) is 11.0. The van der Waals surface area contributed by atoms with Gasteiger partial charge >= 0.3 is 0 Å². The van der Waals surface area contributed by atoms with Crippen LogP contribution >= 0.6 is 23.2 Å². The molecule has 0 bridgehead atoms. The summed E-state index contributed by atoms with van der Waals surface area (Å²) in [5.74, 6) is 0.615. The van der Waals surface area contributed by atoms with E-state index in [0.717, 1.165) is 11.3 Å². The lowest BCUT2D eigenvalue weighted by atomic mass is 10.2. The third-order valence-corrected chi connectivity index (χ3v) is 3.62. The number of para-hydroxylation sites is 1. The predicted octanol–water partition coefficient (Wildman–Crippen LogP) is 4.71. The van der Waals surface area contributed by atoms with E-state index in [1.54, 1.807) is 12.1 Å². The summed E-state index contributed by atoms with van der Waals surface area (Å²) in [6, 6.07) is 10.8. The summed E-state index contributed by atoms with van der Waals surface area (Å²) in [5, 5.41) is 14.2. The maximum Gasteiger partial charge on any atom is 0.162 e. The topological polar surface area (TPSA) is 41.5 Å². The van der Waals surface area contributed by atoms with Gasteiger partial charge in [0, 0.05) is 12.1 Å². The Hall–Kier alpha value is -1.58. The second-order valence-corrected chi connectivity index (χ2v) is 4.94. The first kappa shape index (κ1) is 14.8. The summed E-state index contributed by atoms with van der Waals surface area (Å²) in [5.41, 5.74) is 1.45. The SMILES string of the molecule is CCOc1cccc(CNc2cccc(Cl)c2Cl)c1O. The molecule has 3 nitrogen and oxygen atoms in total. The minimum Gasteiger partial charge on any atom is -0.504 e. The molecule has 2 aromatic carbocycles. The lowest BCUT2D eigenvalue weighted by Gasteiger charge is -2.12. The fourth-order valence-electron chi connectivity index (χ4n) is 1.81. The molecule has 2 aromatic rings. The van der Waals surface area contributed by atoms with Crippen molar-refractivity contribution in [3.63, 3.8) is 0 Å². The standard InChI is InChI=1S/C15H15Cl2NO2/c1-2-20-13-8-3-5-10(15(13)19)9-18-12-7-4-6-11(16)14(12)17/h3-8,18-19H,2,9H2,1H3. The maximum atomic E-state index is 10.1. The van der Waals surface area contributed by atoms with E-state index >= 15 is 0 Å². The average molecular weight is 312 g/mol. The van der Waals surface area contributed by atoms with Gasteiger partial charge in [-0.05, 0) is 25.1 Å². The number of phenolic OH excluding ortho intramolecular Hbond substituents is 1. The van der Waals surface area contributed by atoms with Crippen molar-refractivity contribution in [2.24, 2.45) is 0 Å². The Labute approximate surface area is 128 Å². The second kappa shape index (κ2) is 6.73. The Bertz CT molecular complexity index is 602. The molecule has 0 spiro atoms. The fourth-order valence-corrected chi connectivity index (χ4v) is 2.18. The van der Waals surface area contributed by atoms with Crippen molar-refractivity contribution in [2.75, 3.05) is 11.9 Å². The molecular formula is C15H15Cl2NO2. The van der Waals surface area contributed by atoms with Gasteiger partial charge in [0.15, 0.2) is 11.5 Å². The number of halogens is 2. The van der Waals surface area contributed by atoms with E-state index in [0.29, 0.717) is 28.9 Å². The second-order valence-electron chi connectivity index (χ2n) is 4.15. The largest absolute Gasteiger partial charge is 0.504 e. The molecule has 5 heteroatoms. The number of rotatable bonds is 5. The Morgan fingerprint density at radius 3 is 2.65 bits per heavy atom. The number of hydrogen-bond donors (Lipinski definition) is 2. The Balaban J connectivity index is 2.15. The summed E-state index contributed by atoms with van der Waals surface area (Å²) in [6.45, 7) is 2.80. The van der Waals surface area contributed by atoms with E-state index < -0.39 is 0 Å². The molecule has 0 heterocycles. The number of ether oxygens (including phenoxy) is 1. The van der Waals surface area contributed by atoms with Gasteiger partial charge in [-0.25, -0.2) is 0 Å². The van der Waals surface area contributed by atoms with E-state index in [2.05, 4.69) is 5.32 Å². The maximum absolute atomic E-state index is 10.1. The van der Waals surface area contributed by atoms with Crippen molar-refractivity contribution in [1.29, 1.82) is 0 Å². The third-order valence-electron chi connectivity index (χ3n) is 2.80. The molecule has 0 unspecified atom stereocenters. The van der Waals surface area contributed by atoms with Crippen LogP contribution < -0.4 is 10.1 Å². The number of aromatic hydroxyl groups is 1. The van der Waals surface area contributed by atoms with Gasteiger partial charge in [0.2, 0.25) is 0 Å². The first-order chi connectivity index (χ1) is 9.63. The minimum absolute atomic E-state index is 0.139. The quantitative estimate of drug-likeness (QED) is 0.840. The Morgan fingerprint density at radius 1 is 1.15 bits per heavy atom. The predicted molar refractivity (Wildman–Crippen MR) is 83.1 cm³/mol. The van der Waals surface area contributed by atoms with E-state index in [9.17, 15) is 5.11 Å². The molecular weight excluding hydrogens is 297 g/mol. The van der Waals surface area contributed by atoms with Gasteiger partial charge in [0.05, 0.1) is 22.3 Å². The van der Waals surface area contributed by atoms with Gasteiger partial charge in [-0.2, -0.15) is 0 Å². The molecule has 0 aliphatic rings. The first-order valence-corrected chi connectivity index (χ1v) is 7.00. The number of anilines is 1. The van der Waals surface area contributed by atoms with Crippen molar-refractivity contribution in [2.45, 2.75) is 13.5 Å². The van der Waals surface area contributed by atoms with Crippen molar-refractivity contribution in [3.05, 3.63) is 52.0 Å². The number of nitrogens with one attached hydrogen (secondary N) is 1. The zero-order valence-corrected chi connectivity index (χ0v) is 12.5. The van der Waals surface area contributed by atoms with E-state index in [1.807, 2.05) is 31.2 Å². The van der Waals surface area contributed by atoms with Gasteiger partial charge in [0.25, 0.3) is 0 Å². The summed E-state index contributed by atoms with van der Waals surface area (Å²) >= 11 is 12.1. The van der Waals surface area contributed by atoms with E-state index in [4.69, 9.17) is 27.9 Å². The zero-order chi connectivity index (χ0) is 14.5. The molecule has 0 atom stereocenters. The van der Waals surface area contributed by atoms with Gasteiger partial charge in [-0.3, -0.25) is 0 Å². The summed E-state index contributed by atoms with van der Waals surface area (Å²) < 4.78 is 5.35. The Kier molecular flexibility index (Phi) is 4.99. The number of benzene rings is 2. The molecule has 0 aliphatic heterocycles. The minimum atomic E-state index is 0.139. The van der Waals surface area contributed by atoms with Crippen molar-refractivity contribution < 1.29 is 9.84 Å². The Morgan fingerprint density at radius 2 is 1.90 bits per heavy atom. The van der Waals surface area contributed by atoms with Crippen molar-refractivity contribution in [3.8, 4) is 11.5 Å². The highest BCUT2D eigenvalue weighted by Crippen LogP contribution is 2.32. The highest BCUT2D eigenvalue weighted by molar-refractivity contribution is 6.43. The number of hydrogen-bond acceptors (Lipinski definition) is 3. The molecule has 0 aliphatic carbocycles. The van der Waals surface area contributed by atoms with Crippen LogP contribution in [0.3, 0.4) is 0 Å². The molecule has 0 radical (unpaired) electrons. The van der Waals surface area contributed by atoms with Crippen molar-refractivity contribution in [1.82, 2.24) is 0 Å². The van der Waals surface area contributed by atoms with E-state index in [-0.39, 0.29) is 5.75 Å². The summed E-state index contributed by atoms with van der Waals surface area (Å²) in [7, 11) is 0. The highest BCUT2D eigenvalue weighted by Gasteiger charge is 2.09. The lowest BCUT2D eigenvalue weighted by molar-refractivity contribution is 0.317. The average Bonchev–Trinajstić information content (AvgIpc) is 2.44. The lowest BCUT2D eigenvalue weighted by Crippen LogP contribution is -2.01. The molecule has 2 N–H and O–H groups in total. The van der Waals surface area contributed by atoms with E-state index in [1.165, 1.54) is 0 Å². The van der Waals surface area contributed by atoms with Crippen molar-refractivity contribution >= 4 is 28.9 Å². The molecule has 0 saturated carbocycles. The van der Waals surface area contributed by atoms with Crippen LogP contribution in [-0.4, -0.2) is 11.7 Å². The van der Waals surface area contributed by atoms with Gasteiger partial charge in [-0.1, -0.05) is 41.4 Å². The van der Waals surface area contributed by atoms with Crippen LogP contribution in [0, 0.1) is 0 Å². The van der Waals surface area contributed by atoms with Crippen LogP contribution in [-0.2, 0) is 6.54 Å². The number of phenols is 1. The summed E-state index contributed by atoms with van der Waals surface area (Å²) in [4.78, 5) is 0. The molecule has 0 fully saturated rings. The van der Waals surface area contributed by atoms with Gasteiger partial charge in [-0.15, -0.1) is 0 Å². The smallest absolute Gasteiger partial charge is 0.162 e. The normalized spacial score (nSPS) is 10.3. The molecule has 106 valence electrons. The molecule has 2 rings (SSSR count).